The van der Waals surface area contributed by atoms with Crippen LogP contribution in [0.4, 0.5) is 0 Å². The van der Waals surface area contributed by atoms with Crippen LogP contribution in [0.1, 0.15) is 44.6 Å². The van der Waals surface area contributed by atoms with Crippen molar-refractivity contribution in [1.82, 2.24) is 0 Å². The second kappa shape index (κ2) is 4.36. The molecule has 0 aliphatic heterocycles. The van der Waals surface area contributed by atoms with E-state index < -0.39 is 0 Å². The predicted molar refractivity (Wildman–Crippen MR) is 64.6 cm³/mol. The van der Waals surface area contributed by atoms with Crippen LogP contribution in [0.25, 0.3) is 0 Å². The van der Waals surface area contributed by atoms with Crippen molar-refractivity contribution < 1.29 is 0 Å². The maximum atomic E-state index is 6.54. The van der Waals surface area contributed by atoms with Gasteiger partial charge in [-0.1, -0.05) is 50.1 Å². The molecule has 1 nitrogen and oxygen atoms in total. The Morgan fingerprint density at radius 2 is 1.87 bits per heavy atom. The summed E-state index contributed by atoms with van der Waals surface area (Å²) in [6.45, 7) is 2.34. The van der Waals surface area contributed by atoms with Gasteiger partial charge >= 0.3 is 0 Å². The van der Waals surface area contributed by atoms with Crippen molar-refractivity contribution in [2.45, 2.75) is 44.6 Å². The van der Waals surface area contributed by atoms with Gasteiger partial charge in [-0.05, 0) is 30.7 Å². The van der Waals surface area contributed by atoms with Gasteiger partial charge in [-0.15, -0.1) is 0 Å². The molecule has 0 aromatic heterocycles. The van der Waals surface area contributed by atoms with Crippen LogP contribution in [0.2, 0.25) is 0 Å². The zero-order chi connectivity index (χ0) is 10.7. The number of hydrogen-bond donors (Lipinski definition) is 1. The molecule has 82 valence electrons. The van der Waals surface area contributed by atoms with Crippen molar-refractivity contribution in [3.63, 3.8) is 0 Å². The highest BCUT2D eigenvalue weighted by Crippen LogP contribution is 2.35. The second-order valence-corrected chi connectivity index (χ2v) is 5.06. The van der Waals surface area contributed by atoms with Gasteiger partial charge < -0.3 is 5.73 Å². The van der Waals surface area contributed by atoms with Gasteiger partial charge in [0.15, 0.2) is 0 Å². The Bertz CT molecular complexity index is 306. The molecular formula is C14H21N. The summed E-state index contributed by atoms with van der Waals surface area (Å²) in [6.07, 6.45) is 6.16. The smallest absolute Gasteiger partial charge is 0.0409 e. The van der Waals surface area contributed by atoms with E-state index >= 15 is 0 Å². The van der Waals surface area contributed by atoms with E-state index in [1.165, 1.54) is 24.8 Å². The van der Waals surface area contributed by atoms with Crippen LogP contribution in [0, 0.1) is 5.92 Å². The van der Waals surface area contributed by atoms with Crippen molar-refractivity contribution in [2.75, 3.05) is 0 Å². The summed E-state index contributed by atoms with van der Waals surface area (Å²) in [7, 11) is 0. The van der Waals surface area contributed by atoms with Crippen molar-refractivity contribution in [3.05, 3.63) is 35.9 Å². The molecule has 2 rings (SSSR count). The quantitative estimate of drug-likeness (QED) is 0.695. The fourth-order valence-corrected chi connectivity index (χ4v) is 2.60. The molecular weight excluding hydrogens is 182 g/mol. The van der Waals surface area contributed by atoms with Gasteiger partial charge in [0.25, 0.3) is 0 Å². The molecule has 0 saturated heterocycles. The molecule has 15 heavy (non-hydrogen) atoms. The highest BCUT2D eigenvalue weighted by atomic mass is 14.7. The number of hydrogen-bond acceptors (Lipinski definition) is 1. The average molecular weight is 203 g/mol. The minimum Gasteiger partial charge on any atom is -0.321 e. The van der Waals surface area contributed by atoms with Gasteiger partial charge in [-0.3, -0.25) is 0 Å². The van der Waals surface area contributed by atoms with Crippen LogP contribution in [0.3, 0.4) is 0 Å². The van der Waals surface area contributed by atoms with Gasteiger partial charge in [-0.2, -0.15) is 0 Å². The predicted octanol–water partition coefficient (Wildman–Crippen LogP) is 3.44. The normalized spacial score (nSPS) is 32.3. The summed E-state index contributed by atoms with van der Waals surface area (Å²) < 4.78 is 0. The molecule has 2 unspecified atom stereocenters. The molecule has 1 heteroatoms. The Balaban J connectivity index is 2.19. The highest BCUT2D eigenvalue weighted by molar-refractivity contribution is 5.24. The van der Waals surface area contributed by atoms with Gasteiger partial charge in [0, 0.05) is 5.54 Å². The Kier molecular flexibility index (Phi) is 3.11. The van der Waals surface area contributed by atoms with Crippen molar-refractivity contribution in [1.29, 1.82) is 0 Å². The molecule has 1 saturated carbocycles. The molecule has 2 N–H and O–H groups in total. The summed E-state index contributed by atoms with van der Waals surface area (Å²) in [6, 6.07) is 10.6. The topological polar surface area (TPSA) is 26.0 Å². The van der Waals surface area contributed by atoms with E-state index in [9.17, 15) is 0 Å². The Hall–Kier alpha value is -0.820. The van der Waals surface area contributed by atoms with Crippen LogP contribution in [0.15, 0.2) is 30.3 Å². The minimum absolute atomic E-state index is 0.0635. The molecule has 1 fully saturated rings. The summed E-state index contributed by atoms with van der Waals surface area (Å²) in [4.78, 5) is 0. The third kappa shape index (κ3) is 2.40. The third-order valence-electron chi connectivity index (χ3n) is 3.75. The summed E-state index contributed by atoms with van der Waals surface area (Å²) in [5.74, 6) is 0.846. The maximum absolute atomic E-state index is 6.54. The van der Waals surface area contributed by atoms with Crippen LogP contribution in [-0.2, 0) is 5.54 Å². The molecule has 0 spiro atoms. The van der Waals surface area contributed by atoms with Crippen molar-refractivity contribution in [3.8, 4) is 0 Å². The SMILES string of the molecule is CC1CCCC(N)(c2ccccc2)CC1. The zero-order valence-electron chi connectivity index (χ0n) is 9.58. The number of nitrogens with two attached hydrogens (primary N) is 1. The lowest BCUT2D eigenvalue weighted by Gasteiger charge is -2.28. The molecule has 0 radical (unpaired) electrons. The molecule has 1 aliphatic carbocycles. The van der Waals surface area contributed by atoms with E-state index in [1.54, 1.807) is 0 Å². The second-order valence-electron chi connectivity index (χ2n) is 5.06. The summed E-state index contributed by atoms with van der Waals surface area (Å²) >= 11 is 0. The van der Waals surface area contributed by atoms with Crippen molar-refractivity contribution >= 4 is 0 Å². The first kappa shape index (κ1) is 10.7. The fraction of sp³-hybridized carbons (Fsp3) is 0.571. The summed E-state index contributed by atoms with van der Waals surface area (Å²) in [5.41, 5.74) is 7.80. The number of benzene rings is 1. The molecule has 1 aromatic carbocycles. The van der Waals surface area contributed by atoms with E-state index in [1.807, 2.05) is 0 Å². The van der Waals surface area contributed by atoms with Crippen LogP contribution in [-0.4, -0.2) is 0 Å². The Labute approximate surface area is 92.7 Å². The van der Waals surface area contributed by atoms with Gasteiger partial charge in [-0.25, -0.2) is 0 Å². The minimum atomic E-state index is -0.0635. The standard InChI is InChI=1S/C14H21N/c1-12-6-5-10-14(15,11-9-12)13-7-3-2-4-8-13/h2-4,7-8,12H,5-6,9-11,15H2,1H3. The van der Waals surface area contributed by atoms with Crippen LogP contribution in [0.5, 0.6) is 0 Å². The van der Waals surface area contributed by atoms with Gasteiger partial charge in [0.1, 0.15) is 0 Å². The first-order valence-corrected chi connectivity index (χ1v) is 6.05. The lowest BCUT2D eigenvalue weighted by atomic mass is 9.84. The maximum Gasteiger partial charge on any atom is 0.0409 e. The first-order chi connectivity index (χ1) is 7.21. The Morgan fingerprint density at radius 3 is 2.60 bits per heavy atom. The van der Waals surface area contributed by atoms with E-state index in [0.717, 1.165) is 18.8 Å². The molecule has 0 amide bonds. The van der Waals surface area contributed by atoms with E-state index in [2.05, 4.69) is 37.3 Å². The largest absolute Gasteiger partial charge is 0.321 e. The molecule has 0 bridgehead atoms. The Morgan fingerprint density at radius 1 is 1.13 bits per heavy atom. The lowest BCUT2D eigenvalue weighted by molar-refractivity contribution is 0.378. The van der Waals surface area contributed by atoms with Crippen molar-refractivity contribution in [2.24, 2.45) is 11.7 Å². The van der Waals surface area contributed by atoms with Gasteiger partial charge in [0.05, 0.1) is 0 Å². The monoisotopic (exact) mass is 203 g/mol. The van der Waals surface area contributed by atoms with Gasteiger partial charge in [0.2, 0.25) is 0 Å². The van der Waals surface area contributed by atoms with Crippen LogP contribution >= 0.6 is 0 Å². The highest BCUT2D eigenvalue weighted by Gasteiger charge is 2.29. The third-order valence-corrected chi connectivity index (χ3v) is 3.75. The molecule has 0 heterocycles. The fourth-order valence-electron chi connectivity index (χ4n) is 2.60. The average Bonchev–Trinajstić information content (AvgIpc) is 2.44. The van der Waals surface area contributed by atoms with E-state index in [-0.39, 0.29) is 5.54 Å². The summed E-state index contributed by atoms with van der Waals surface area (Å²) in [5, 5.41) is 0. The zero-order valence-corrected chi connectivity index (χ0v) is 9.58. The number of rotatable bonds is 1. The van der Waals surface area contributed by atoms with Crippen LogP contribution < -0.4 is 5.73 Å². The molecule has 1 aromatic rings. The first-order valence-electron chi connectivity index (χ1n) is 6.05. The molecule has 1 aliphatic rings. The van der Waals surface area contributed by atoms with E-state index in [4.69, 9.17) is 5.73 Å². The molecule has 2 atom stereocenters. The van der Waals surface area contributed by atoms with E-state index in [0.29, 0.717) is 0 Å². The lowest BCUT2D eigenvalue weighted by Crippen LogP contribution is -2.35.